The van der Waals surface area contributed by atoms with Crippen molar-refractivity contribution in [2.24, 2.45) is 0 Å². The summed E-state index contributed by atoms with van der Waals surface area (Å²) in [5, 5.41) is 21.9. The van der Waals surface area contributed by atoms with E-state index in [4.69, 9.17) is 29.3 Å². The Balaban J connectivity index is 1.85. The second-order valence-corrected chi connectivity index (χ2v) is 15.7. The molecule has 320 valence electrons. The minimum atomic E-state index is -0.943. The molecule has 5 heterocycles. The number of carboxylic acids is 1. The summed E-state index contributed by atoms with van der Waals surface area (Å²) in [5.41, 5.74) is 11.2. The van der Waals surface area contributed by atoms with Crippen molar-refractivity contribution in [1.82, 2.24) is 25.3 Å². The summed E-state index contributed by atoms with van der Waals surface area (Å²) in [4.78, 5) is 57.2. The number of aryl methyl sites for hydroxylation is 3. The summed E-state index contributed by atoms with van der Waals surface area (Å²) < 4.78 is 17.1. The third-order valence-corrected chi connectivity index (χ3v) is 11.8. The molecule has 0 spiro atoms. The number of allylic oxidation sites excluding steroid dienone is 1. The second kappa shape index (κ2) is 20.9. The van der Waals surface area contributed by atoms with Crippen LogP contribution < -0.4 is 5.32 Å². The molecular formula is C46H63N5O8. The van der Waals surface area contributed by atoms with E-state index in [1.54, 1.807) is 0 Å². The molecule has 0 aliphatic carbocycles. The number of aromatic amines is 2. The normalized spacial score (nSPS) is 15.7. The third kappa shape index (κ3) is 10.5. The maximum atomic E-state index is 14.2. The molecule has 0 saturated carbocycles. The predicted octanol–water partition coefficient (Wildman–Crippen LogP) is 8.07. The van der Waals surface area contributed by atoms with E-state index < -0.39 is 23.8 Å². The highest BCUT2D eigenvalue weighted by molar-refractivity contribution is 6.27. The molecule has 8 bridgehead atoms. The Morgan fingerprint density at radius 3 is 2.32 bits per heavy atom. The summed E-state index contributed by atoms with van der Waals surface area (Å²) in [6, 6.07) is 6.12. The highest BCUT2D eigenvalue weighted by atomic mass is 16.5. The van der Waals surface area contributed by atoms with Crippen LogP contribution in [0.25, 0.3) is 33.2 Å². The number of H-pyrrole nitrogens is 2. The van der Waals surface area contributed by atoms with Crippen molar-refractivity contribution < 1.29 is 38.8 Å². The highest BCUT2D eigenvalue weighted by Crippen LogP contribution is 2.44. The number of carboxylic acid groups (broad SMARTS) is 1. The molecule has 2 aliphatic heterocycles. The molecule has 5 rings (SSSR count). The molecular weight excluding hydrogens is 751 g/mol. The minimum Gasteiger partial charge on any atom is -0.481 e. The largest absolute Gasteiger partial charge is 0.481 e. The van der Waals surface area contributed by atoms with E-state index in [-0.39, 0.29) is 63.2 Å². The summed E-state index contributed by atoms with van der Waals surface area (Å²) >= 11 is 0. The van der Waals surface area contributed by atoms with Crippen molar-refractivity contribution in [1.29, 1.82) is 0 Å². The molecule has 5 N–H and O–H groups in total. The number of nitrogens with one attached hydrogen (secondary N) is 3. The van der Waals surface area contributed by atoms with Gasteiger partial charge in [0.2, 0.25) is 0 Å². The number of aromatic nitrogens is 4. The fourth-order valence-electron chi connectivity index (χ4n) is 8.41. The number of hydrogen-bond donors (Lipinski definition) is 5. The number of nitrogens with zero attached hydrogens (tertiary/aromatic N) is 2. The van der Waals surface area contributed by atoms with E-state index in [0.717, 1.165) is 63.6 Å². The first-order chi connectivity index (χ1) is 28.3. The molecule has 0 aromatic carbocycles. The number of hydrogen-bond acceptors (Lipinski definition) is 9. The number of fused-ring (bicyclic) bond motifs is 8. The van der Waals surface area contributed by atoms with Crippen LogP contribution in [-0.4, -0.2) is 88.1 Å². The summed E-state index contributed by atoms with van der Waals surface area (Å²) in [5.74, 6) is -2.55. The van der Waals surface area contributed by atoms with Crippen LogP contribution in [-0.2, 0) is 41.4 Å². The Kier molecular flexibility index (Phi) is 16.0. The van der Waals surface area contributed by atoms with Gasteiger partial charge in [0, 0.05) is 70.3 Å². The van der Waals surface area contributed by atoms with Gasteiger partial charge < -0.3 is 39.7 Å². The van der Waals surface area contributed by atoms with Gasteiger partial charge in [0.1, 0.15) is 0 Å². The van der Waals surface area contributed by atoms with Gasteiger partial charge in [-0.25, -0.2) is 4.98 Å². The number of methoxy groups -OCH3 is 1. The van der Waals surface area contributed by atoms with Crippen molar-refractivity contribution in [3.63, 3.8) is 0 Å². The van der Waals surface area contributed by atoms with Gasteiger partial charge in [-0.15, -0.1) is 0 Å². The molecule has 2 aliphatic rings. The number of aliphatic hydroxyl groups is 1. The number of ether oxygens (including phenoxy) is 3. The van der Waals surface area contributed by atoms with Crippen LogP contribution in [0.5, 0.6) is 0 Å². The van der Waals surface area contributed by atoms with E-state index in [0.29, 0.717) is 40.5 Å². The van der Waals surface area contributed by atoms with Crippen molar-refractivity contribution in [2.75, 3.05) is 40.1 Å². The average molecular weight is 814 g/mol. The molecule has 59 heavy (non-hydrogen) atoms. The lowest BCUT2D eigenvalue weighted by Crippen LogP contribution is -2.29. The van der Waals surface area contributed by atoms with Gasteiger partial charge in [-0.3, -0.25) is 19.4 Å². The Labute approximate surface area is 347 Å². The zero-order chi connectivity index (χ0) is 42.8. The van der Waals surface area contributed by atoms with Gasteiger partial charge in [0.25, 0.3) is 5.91 Å². The third-order valence-electron chi connectivity index (χ3n) is 11.8. The summed E-state index contributed by atoms with van der Waals surface area (Å²) in [6.45, 7) is 15.5. The van der Waals surface area contributed by atoms with Gasteiger partial charge in [-0.2, -0.15) is 0 Å². The quantitative estimate of drug-likeness (QED) is 0.0551. The molecule has 3 atom stereocenters. The van der Waals surface area contributed by atoms with Crippen LogP contribution in [0.2, 0.25) is 0 Å². The SMILES string of the molecule is CCCCCCCOC(C)c1c(C)c2cc3nc(c(CC(=O)OC)c4nc(cc5[nH]c(cc1[nH]2)c(C)c5CC)C(C)=C4C(=O)NCCOCCO)C(CCC(=O)O)C3C. The van der Waals surface area contributed by atoms with E-state index >= 15 is 0 Å². The maximum Gasteiger partial charge on any atom is 0.310 e. The average Bonchev–Trinajstić information content (AvgIpc) is 3.90. The van der Waals surface area contributed by atoms with Crippen molar-refractivity contribution in [3.05, 3.63) is 68.8 Å². The van der Waals surface area contributed by atoms with Gasteiger partial charge >= 0.3 is 11.9 Å². The van der Waals surface area contributed by atoms with Gasteiger partial charge in [0.15, 0.2) is 0 Å². The Hall–Kier alpha value is -4.85. The smallest absolute Gasteiger partial charge is 0.310 e. The molecule has 1 amide bonds. The first-order valence-corrected chi connectivity index (χ1v) is 21.2. The number of aliphatic carboxylic acids is 1. The lowest BCUT2D eigenvalue weighted by Gasteiger charge is -2.18. The van der Waals surface area contributed by atoms with Crippen LogP contribution in [0.1, 0.15) is 148 Å². The number of aliphatic hydroxyl groups excluding tert-OH is 1. The number of unbranched alkanes of at least 4 members (excludes halogenated alkanes) is 4. The van der Waals surface area contributed by atoms with Gasteiger partial charge in [-0.1, -0.05) is 46.5 Å². The number of rotatable bonds is 20. The Bertz CT molecular complexity index is 2200. The van der Waals surface area contributed by atoms with Crippen LogP contribution in [0.3, 0.4) is 0 Å². The minimum absolute atomic E-state index is 0.118. The van der Waals surface area contributed by atoms with Crippen LogP contribution in [0, 0.1) is 13.8 Å². The van der Waals surface area contributed by atoms with Crippen molar-refractivity contribution in [3.8, 4) is 0 Å². The summed E-state index contributed by atoms with van der Waals surface area (Å²) in [7, 11) is 1.31. The topological polar surface area (TPSA) is 189 Å². The lowest BCUT2D eigenvalue weighted by molar-refractivity contribution is -0.140. The zero-order valence-corrected chi connectivity index (χ0v) is 36.1. The maximum absolute atomic E-state index is 14.2. The molecule has 0 fully saturated rings. The zero-order valence-electron chi connectivity index (χ0n) is 36.1. The molecule has 3 aromatic heterocycles. The Morgan fingerprint density at radius 1 is 0.898 bits per heavy atom. The van der Waals surface area contributed by atoms with Crippen LogP contribution >= 0.6 is 0 Å². The van der Waals surface area contributed by atoms with Crippen molar-refractivity contribution in [2.45, 2.75) is 124 Å². The van der Waals surface area contributed by atoms with Crippen LogP contribution in [0.15, 0.2) is 18.2 Å². The van der Waals surface area contributed by atoms with Crippen LogP contribution in [0.4, 0.5) is 0 Å². The lowest BCUT2D eigenvalue weighted by atomic mass is 9.84. The Morgan fingerprint density at radius 2 is 1.63 bits per heavy atom. The first kappa shape index (κ1) is 45.2. The number of esters is 1. The van der Waals surface area contributed by atoms with Crippen molar-refractivity contribution >= 4 is 51.1 Å². The molecule has 3 aromatic rings. The van der Waals surface area contributed by atoms with E-state index in [2.05, 4.69) is 56.0 Å². The molecule has 0 saturated heterocycles. The molecule has 0 radical (unpaired) electrons. The molecule has 13 heteroatoms. The van der Waals surface area contributed by atoms with Gasteiger partial charge in [0.05, 0.1) is 62.1 Å². The fraction of sp³-hybridized carbons (Fsp3) is 0.543. The van der Waals surface area contributed by atoms with Gasteiger partial charge in [-0.05, 0) is 87.4 Å². The number of amides is 1. The number of carbonyl (C=O) groups is 3. The number of carbonyl (C=O) groups excluding carboxylic acids is 2. The van der Waals surface area contributed by atoms with E-state index in [1.807, 2.05) is 26.0 Å². The monoisotopic (exact) mass is 813 g/mol. The first-order valence-electron chi connectivity index (χ1n) is 21.2. The fourth-order valence-corrected chi connectivity index (χ4v) is 8.41. The van der Waals surface area contributed by atoms with E-state index in [9.17, 15) is 19.5 Å². The van der Waals surface area contributed by atoms with E-state index in [1.165, 1.54) is 26.4 Å². The second-order valence-electron chi connectivity index (χ2n) is 15.7. The highest BCUT2D eigenvalue weighted by Gasteiger charge is 2.36. The molecule has 13 nitrogen and oxygen atoms in total. The molecule has 3 unspecified atom stereocenters. The predicted molar refractivity (Wildman–Crippen MR) is 230 cm³/mol. The summed E-state index contributed by atoms with van der Waals surface area (Å²) in [6.07, 6.45) is 6.17. The standard InChI is InChI=1S/C46H63N5O8/c1-9-11-12-13-14-19-59-30(7)42-28(5)36-23-35-27(4)32(15-16-40(53)54)44(50-35)33(22-41(55)57-8)45-43(46(56)47-17-20-58-21-18-52)29(6)37(51-45)24-38-31(10-2)26(3)34(48-38)25-39(42)49-36/h23-25,27,30,32,48-49,52H,9-22H2,1-8H3,(H,47,56)(H,53,54).